The van der Waals surface area contributed by atoms with Crippen molar-refractivity contribution in [3.63, 3.8) is 0 Å². The van der Waals surface area contributed by atoms with Crippen LogP contribution in [0.15, 0.2) is 30.9 Å². The molecule has 6 heteroatoms. The number of hydrogen-bond acceptors (Lipinski definition) is 4. The van der Waals surface area contributed by atoms with Crippen LogP contribution in [0.1, 0.15) is 41.6 Å². The van der Waals surface area contributed by atoms with E-state index in [0.29, 0.717) is 5.56 Å². The molecular formula is C16H20N4O2. The van der Waals surface area contributed by atoms with E-state index in [2.05, 4.69) is 15.4 Å². The summed E-state index contributed by atoms with van der Waals surface area (Å²) in [6.45, 7) is 1.90. The number of benzene rings is 1. The smallest absolute Gasteiger partial charge is 0.251 e. The first-order valence-corrected chi connectivity index (χ1v) is 7.60. The zero-order valence-corrected chi connectivity index (χ0v) is 12.6. The number of hydrogen-bond donors (Lipinski definition) is 2. The highest BCUT2D eigenvalue weighted by molar-refractivity contribution is 5.96. The van der Waals surface area contributed by atoms with Crippen LogP contribution in [0.2, 0.25) is 0 Å². The number of aliphatic hydroxyl groups excluding tert-OH is 1. The minimum atomic E-state index is -0.438. The van der Waals surface area contributed by atoms with Crippen molar-refractivity contribution in [1.82, 2.24) is 20.1 Å². The number of nitrogens with zero attached hydrogens (tertiary/aromatic N) is 3. The Morgan fingerprint density at radius 3 is 2.86 bits per heavy atom. The molecule has 1 amide bonds. The molecule has 2 unspecified atom stereocenters. The molecular weight excluding hydrogens is 280 g/mol. The van der Waals surface area contributed by atoms with E-state index in [-0.39, 0.29) is 11.9 Å². The molecule has 1 aromatic heterocycles. The molecule has 22 heavy (non-hydrogen) atoms. The average molecular weight is 300 g/mol. The molecule has 0 radical (unpaired) electrons. The Balaban J connectivity index is 1.75. The van der Waals surface area contributed by atoms with Crippen LogP contribution in [0.3, 0.4) is 0 Å². The molecule has 0 bridgehead atoms. The third-order valence-electron chi connectivity index (χ3n) is 4.18. The number of nitrogens with one attached hydrogen (secondary N) is 1. The van der Waals surface area contributed by atoms with Crippen molar-refractivity contribution in [3.8, 4) is 5.69 Å². The quantitative estimate of drug-likeness (QED) is 0.902. The van der Waals surface area contributed by atoms with Gasteiger partial charge in [-0.1, -0.05) is 12.8 Å². The Labute approximate surface area is 129 Å². The second-order valence-electron chi connectivity index (χ2n) is 5.77. The van der Waals surface area contributed by atoms with Crippen LogP contribution >= 0.6 is 0 Å². The molecule has 1 saturated carbocycles. The Kier molecular flexibility index (Phi) is 4.20. The van der Waals surface area contributed by atoms with E-state index in [1.807, 2.05) is 19.1 Å². The average Bonchev–Trinajstić information content (AvgIpc) is 3.03. The molecule has 1 aliphatic carbocycles. The van der Waals surface area contributed by atoms with Gasteiger partial charge in [0.15, 0.2) is 0 Å². The van der Waals surface area contributed by atoms with Gasteiger partial charge in [0.05, 0.1) is 17.8 Å². The van der Waals surface area contributed by atoms with E-state index in [4.69, 9.17) is 0 Å². The number of amides is 1. The standard InChI is InChI=1S/C16H20N4O2/c1-11-8-12(20-10-17-9-18-20)6-7-13(11)16(22)19-14-4-2-3-5-15(14)21/h6-10,14-15,21H,2-5H2,1H3,(H,19,22). The first-order valence-electron chi connectivity index (χ1n) is 7.60. The summed E-state index contributed by atoms with van der Waals surface area (Å²) in [5.41, 5.74) is 2.36. The van der Waals surface area contributed by atoms with Gasteiger partial charge in [-0.3, -0.25) is 4.79 Å². The Morgan fingerprint density at radius 1 is 1.36 bits per heavy atom. The SMILES string of the molecule is Cc1cc(-n2cncn2)ccc1C(=O)NC1CCCCC1O. The molecule has 3 rings (SSSR count). The maximum Gasteiger partial charge on any atom is 0.251 e. The number of carbonyl (C=O) groups is 1. The predicted molar refractivity (Wildman–Crippen MR) is 81.8 cm³/mol. The van der Waals surface area contributed by atoms with Crippen molar-refractivity contribution in [2.24, 2.45) is 0 Å². The van der Waals surface area contributed by atoms with Gasteiger partial charge in [-0.25, -0.2) is 9.67 Å². The normalized spacial score (nSPS) is 21.5. The Bertz CT molecular complexity index is 654. The van der Waals surface area contributed by atoms with E-state index in [0.717, 1.165) is 36.9 Å². The monoisotopic (exact) mass is 300 g/mol. The van der Waals surface area contributed by atoms with Gasteiger partial charge in [-0.15, -0.1) is 0 Å². The van der Waals surface area contributed by atoms with Gasteiger partial charge in [-0.2, -0.15) is 5.10 Å². The first kappa shape index (κ1) is 14.7. The Hall–Kier alpha value is -2.21. The van der Waals surface area contributed by atoms with Gasteiger partial charge in [0.2, 0.25) is 0 Å². The number of rotatable bonds is 3. The lowest BCUT2D eigenvalue weighted by Crippen LogP contribution is -2.45. The van der Waals surface area contributed by atoms with Crippen LogP contribution in [0.25, 0.3) is 5.69 Å². The van der Waals surface area contributed by atoms with E-state index in [1.165, 1.54) is 6.33 Å². The lowest BCUT2D eigenvalue weighted by Gasteiger charge is -2.28. The van der Waals surface area contributed by atoms with Crippen LogP contribution in [0.5, 0.6) is 0 Å². The van der Waals surface area contributed by atoms with Crippen LogP contribution in [0.4, 0.5) is 0 Å². The fraction of sp³-hybridized carbons (Fsp3) is 0.438. The summed E-state index contributed by atoms with van der Waals surface area (Å²) in [5, 5.41) is 17.0. The van der Waals surface area contributed by atoms with Crippen molar-refractivity contribution < 1.29 is 9.90 Å². The van der Waals surface area contributed by atoms with Crippen molar-refractivity contribution in [3.05, 3.63) is 42.0 Å². The summed E-state index contributed by atoms with van der Waals surface area (Å²) in [4.78, 5) is 16.3. The molecule has 1 heterocycles. The topological polar surface area (TPSA) is 80.0 Å². The summed E-state index contributed by atoms with van der Waals surface area (Å²) in [6.07, 6.45) is 6.32. The minimum absolute atomic E-state index is 0.131. The molecule has 0 spiro atoms. The summed E-state index contributed by atoms with van der Waals surface area (Å²) in [6, 6.07) is 5.39. The van der Waals surface area contributed by atoms with E-state index in [9.17, 15) is 9.90 Å². The molecule has 116 valence electrons. The van der Waals surface area contributed by atoms with Crippen molar-refractivity contribution >= 4 is 5.91 Å². The lowest BCUT2D eigenvalue weighted by atomic mass is 9.92. The molecule has 2 N–H and O–H groups in total. The number of aryl methyl sites for hydroxylation is 1. The molecule has 1 aliphatic rings. The summed E-state index contributed by atoms with van der Waals surface area (Å²) >= 11 is 0. The van der Waals surface area contributed by atoms with E-state index < -0.39 is 6.10 Å². The fourth-order valence-corrected chi connectivity index (χ4v) is 2.91. The second kappa shape index (κ2) is 6.27. The van der Waals surface area contributed by atoms with Crippen molar-refractivity contribution in [1.29, 1.82) is 0 Å². The van der Waals surface area contributed by atoms with Crippen molar-refractivity contribution in [2.75, 3.05) is 0 Å². The maximum atomic E-state index is 12.4. The molecule has 1 aromatic carbocycles. The molecule has 1 fully saturated rings. The van der Waals surface area contributed by atoms with Gasteiger partial charge in [0.25, 0.3) is 5.91 Å². The maximum absolute atomic E-state index is 12.4. The van der Waals surface area contributed by atoms with Gasteiger partial charge in [-0.05, 0) is 43.5 Å². The van der Waals surface area contributed by atoms with E-state index in [1.54, 1.807) is 17.1 Å². The Morgan fingerprint density at radius 2 is 2.18 bits per heavy atom. The van der Waals surface area contributed by atoms with Gasteiger partial charge in [0, 0.05) is 5.56 Å². The highest BCUT2D eigenvalue weighted by Gasteiger charge is 2.25. The number of aromatic nitrogens is 3. The van der Waals surface area contributed by atoms with Crippen LogP contribution in [-0.4, -0.2) is 37.9 Å². The highest BCUT2D eigenvalue weighted by Crippen LogP contribution is 2.20. The van der Waals surface area contributed by atoms with Crippen LogP contribution < -0.4 is 5.32 Å². The third kappa shape index (κ3) is 3.01. The van der Waals surface area contributed by atoms with Crippen molar-refractivity contribution in [2.45, 2.75) is 44.8 Å². The zero-order valence-electron chi connectivity index (χ0n) is 12.6. The molecule has 6 nitrogen and oxygen atoms in total. The third-order valence-corrected chi connectivity index (χ3v) is 4.18. The second-order valence-corrected chi connectivity index (χ2v) is 5.77. The lowest BCUT2D eigenvalue weighted by molar-refractivity contribution is 0.0717. The minimum Gasteiger partial charge on any atom is -0.391 e. The van der Waals surface area contributed by atoms with Gasteiger partial charge in [0.1, 0.15) is 12.7 Å². The van der Waals surface area contributed by atoms with Crippen LogP contribution in [0, 0.1) is 6.92 Å². The molecule has 0 aliphatic heterocycles. The summed E-state index contributed by atoms with van der Waals surface area (Å²) in [7, 11) is 0. The molecule has 2 aromatic rings. The fourth-order valence-electron chi connectivity index (χ4n) is 2.91. The predicted octanol–water partition coefficient (Wildman–Crippen LogP) is 1.61. The van der Waals surface area contributed by atoms with Gasteiger partial charge < -0.3 is 10.4 Å². The van der Waals surface area contributed by atoms with Gasteiger partial charge >= 0.3 is 0 Å². The summed E-state index contributed by atoms with van der Waals surface area (Å²) in [5.74, 6) is -0.131. The highest BCUT2D eigenvalue weighted by atomic mass is 16.3. The summed E-state index contributed by atoms with van der Waals surface area (Å²) < 4.78 is 1.65. The number of aliphatic hydroxyl groups is 1. The van der Waals surface area contributed by atoms with E-state index >= 15 is 0 Å². The zero-order chi connectivity index (χ0) is 15.5. The largest absolute Gasteiger partial charge is 0.391 e. The van der Waals surface area contributed by atoms with Crippen LogP contribution in [-0.2, 0) is 0 Å². The molecule has 0 saturated heterocycles. The molecule has 2 atom stereocenters. The first-order chi connectivity index (χ1) is 10.6. The number of carbonyl (C=O) groups excluding carboxylic acids is 1.